The smallest absolute Gasteiger partial charge is 0.417 e. The van der Waals surface area contributed by atoms with Crippen LogP contribution in [0.1, 0.15) is 122 Å². The van der Waals surface area contributed by atoms with Gasteiger partial charge in [0.25, 0.3) is 0 Å². The summed E-state index contributed by atoms with van der Waals surface area (Å²) in [6, 6.07) is 0. The molecule has 0 aliphatic heterocycles. The summed E-state index contributed by atoms with van der Waals surface area (Å²) in [4.78, 5) is 52.4. The van der Waals surface area contributed by atoms with E-state index in [2.05, 4.69) is 0 Å². The molecule has 12 heteroatoms. The molecule has 0 fully saturated rings. The van der Waals surface area contributed by atoms with Gasteiger partial charge in [-0.05, 0) is 73.1 Å². The molecule has 0 heterocycles. The number of ether oxygens (including phenoxy) is 4. The third-order valence-corrected chi connectivity index (χ3v) is 8.74. The number of rotatable bonds is 17. The maximum atomic E-state index is 13.7. The first-order valence-corrected chi connectivity index (χ1v) is 15.6. The number of esters is 4. The van der Waals surface area contributed by atoms with Gasteiger partial charge in [0.2, 0.25) is 0 Å². The van der Waals surface area contributed by atoms with Gasteiger partial charge in [-0.1, -0.05) is 48.5 Å². The largest absolute Gasteiger partial charge is 0.463 e. The first-order valence-electron chi connectivity index (χ1n) is 15.6. The van der Waals surface area contributed by atoms with Gasteiger partial charge in [-0.15, -0.1) is 0 Å². The highest BCUT2D eigenvalue weighted by Gasteiger charge is 2.53. The van der Waals surface area contributed by atoms with Gasteiger partial charge < -0.3 is 24.1 Å². The summed E-state index contributed by atoms with van der Waals surface area (Å²) < 4.78 is 62.1. The summed E-state index contributed by atoms with van der Waals surface area (Å²) in [5.41, 5.74) is -7.32. The minimum atomic E-state index is -4.95. The molecule has 0 spiro atoms. The lowest BCUT2D eigenvalue weighted by molar-refractivity contribution is -0.262. The second kappa shape index (κ2) is 16.0. The lowest BCUT2D eigenvalue weighted by Gasteiger charge is -2.40. The first-order chi connectivity index (χ1) is 20.1. The first kappa shape index (κ1) is 42.6. The normalized spacial score (nSPS) is 18.1. The summed E-state index contributed by atoms with van der Waals surface area (Å²) >= 11 is 0. The van der Waals surface area contributed by atoms with E-state index in [1.165, 1.54) is 13.8 Å². The van der Waals surface area contributed by atoms with Crippen LogP contribution in [0.4, 0.5) is 13.2 Å². The molecule has 0 aliphatic carbocycles. The van der Waals surface area contributed by atoms with Crippen LogP contribution in [-0.2, 0) is 38.1 Å². The van der Waals surface area contributed by atoms with Crippen LogP contribution in [0.15, 0.2) is 0 Å². The van der Waals surface area contributed by atoms with Gasteiger partial charge in [0, 0.05) is 11.8 Å². The van der Waals surface area contributed by atoms with Crippen LogP contribution in [0, 0.1) is 28.1 Å². The van der Waals surface area contributed by atoms with Gasteiger partial charge in [-0.25, -0.2) is 4.79 Å². The predicted octanol–water partition coefficient (Wildman–Crippen LogP) is 6.96. The van der Waals surface area contributed by atoms with Crippen molar-refractivity contribution in [3.63, 3.8) is 0 Å². The molecule has 1 N–H and O–H groups in total. The number of alkyl halides is 3. The Hall–Kier alpha value is -2.37. The number of halogens is 3. The molecular formula is C33H57F3O9. The van der Waals surface area contributed by atoms with Gasteiger partial charge in [0.05, 0.1) is 23.4 Å². The van der Waals surface area contributed by atoms with Crippen molar-refractivity contribution in [2.75, 3.05) is 13.2 Å². The third-order valence-electron chi connectivity index (χ3n) is 8.74. The Morgan fingerprint density at radius 2 is 1.31 bits per heavy atom. The van der Waals surface area contributed by atoms with Crippen LogP contribution < -0.4 is 0 Å². The Kier molecular flexibility index (Phi) is 15.1. The summed E-state index contributed by atoms with van der Waals surface area (Å²) in [7, 11) is 0. The van der Waals surface area contributed by atoms with Crippen molar-refractivity contribution >= 4 is 23.9 Å². The van der Waals surface area contributed by atoms with Crippen molar-refractivity contribution in [3.05, 3.63) is 0 Å². The van der Waals surface area contributed by atoms with E-state index >= 15 is 0 Å². The van der Waals surface area contributed by atoms with Crippen molar-refractivity contribution in [1.82, 2.24) is 0 Å². The van der Waals surface area contributed by atoms with Crippen LogP contribution in [0.3, 0.4) is 0 Å². The molecule has 5 atom stereocenters. The number of aliphatic hydroxyl groups is 1. The summed E-state index contributed by atoms with van der Waals surface area (Å²) in [6.45, 7) is 20.7. The monoisotopic (exact) mass is 654 g/mol. The predicted molar refractivity (Wildman–Crippen MR) is 163 cm³/mol. The van der Waals surface area contributed by atoms with E-state index in [1.54, 1.807) is 48.5 Å². The topological polar surface area (TPSA) is 125 Å². The van der Waals surface area contributed by atoms with E-state index in [4.69, 9.17) is 18.9 Å². The highest BCUT2D eigenvalue weighted by Crippen LogP contribution is 2.44. The maximum Gasteiger partial charge on any atom is 0.417 e. The Labute approximate surface area is 267 Å². The summed E-state index contributed by atoms with van der Waals surface area (Å²) in [6.07, 6.45) is -7.26. The number of carbonyl (C=O) groups excluding carboxylic acids is 4. The van der Waals surface area contributed by atoms with Crippen LogP contribution in [0.5, 0.6) is 0 Å². The quantitative estimate of drug-likeness (QED) is 0.131. The van der Waals surface area contributed by atoms with Crippen LogP contribution >= 0.6 is 0 Å². The molecule has 0 saturated heterocycles. The third kappa shape index (κ3) is 12.7. The lowest BCUT2D eigenvalue weighted by Crippen LogP contribution is -2.47. The fourth-order valence-corrected chi connectivity index (χ4v) is 4.75. The van der Waals surface area contributed by atoms with Gasteiger partial charge in [0.15, 0.2) is 12.2 Å². The van der Waals surface area contributed by atoms with Crippen LogP contribution in [-0.4, -0.2) is 65.7 Å². The zero-order chi connectivity index (χ0) is 35.8. The molecule has 0 radical (unpaired) electrons. The van der Waals surface area contributed by atoms with Crippen LogP contribution in [0.2, 0.25) is 0 Å². The molecular weight excluding hydrogens is 597 g/mol. The fraction of sp³-hybridized carbons (Fsp3) is 0.879. The molecule has 45 heavy (non-hydrogen) atoms. The summed E-state index contributed by atoms with van der Waals surface area (Å²) in [5, 5.41) is 10.1. The van der Waals surface area contributed by atoms with Crippen molar-refractivity contribution < 1.29 is 56.4 Å². The second-order valence-corrected chi connectivity index (χ2v) is 15.0. The average molecular weight is 655 g/mol. The van der Waals surface area contributed by atoms with E-state index in [0.29, 0.717) is 6.92 Å². The van der Waals surface area contributed by atoms with Crippen molar-refractivity contribution in [3.8, 4) is 0 Å². The molecule has 0 aromatic heterocycles. The van der Waals surface area contributed by atoms with Gasteiger partial charge >= 0.3 is 30.1 Å². The standard InChI is InChI=1S/C33H57F3O9/c1-14-30(11,27(40)44-23(16-21(3)4)18-32(13,41)33(34,35)36)20-31(12,26(39)43-19-24(37)42-15-2)17-22(5)25(38)45-29(9,10)28(6,7)8/h21-23,41H,14-20H2,1-13H3. The Morgan fingerprint density at radius 1 is 0.778 bits per heavy atom. The minimum absolute atomic E-state index is 0.0586. The SMILES string of the molecule is CCOC(=O)COC(=O)C(C)(CC(C)C(=O)OC(C)(C)C(C)(C)C)CC(C)(CC)C(=O)OC(CC(C)C)CC(C)(O)C(F)(F)F. The molecule has 0 aromatic carbocycles. The molecule has 0 amide bonds. The van der Waals surface area contributed by atoms with Gasteiger partial charge in [0.1, 0.15) is 11.7 Å². The molecule has 0 saturated carbocycles. The van der Waals surface area contributed by atoms with Crippen molar-refractivity contribution in [2.24, 2.45) is 28.1 Å². The Morgan fingerprint density at radius 3 is 1.73 bits per heavy atom. The fourth-order valence-electron chi connectivity index (χ4n) is 4.75. The Bertz CT molecular complexity index is 1010. The van der Waals surface area contributed by atoms with Gasteiger partial charge in [-0.3, -0.25) is 14.4 Å². The van der Waals surface area contributed by atoms with Crippen LogP contribution in [0.25, 0.3) is 0 Å². The highest BCUT2D eigenvalue weighted by atomic mass is 19.4. The number of hydrogen-bond acceptors (Lipinski definition) is 9. The van der Waals surface area contributed by atoms with E-state index in [9.17, 15) is 37.5 Å². The van der Waals surface area contributed by atoms with Crippen molar-refractivity contribution in [2.45, 2.75) is 146 Å². The minimum Gasteiger partial charge on any atom is -0.463 e. The maximum absolute atomic E-state index is 13.7. The molecule has 0 rings (SSSR count). The zero-order valence-corrected chi connectivity index (χ0v) is 29.5. The van der Waals surface area contributed by atoms with E-state index in [1.807, 2.05) is 20.8 Å². The zero-order valence-electron chi connectivity index (χ0n) is 29.5. The molecule has 0 aliphatic rings. The van der Waals surface area contributed by atoms with Gasteiger partial charge in [-0.2, -0.15) is 13.2 Å². The summed E-state index contributed by atoms with van der Waals surface area (Å²) in [5.74, 6) is -4.09. The second-order valence-electron chi connectivity index (χ2n) is 15.0. The lowest BCUT2D eigenvalue weighted by atomic mass is 9.68. The van der Waals surface area contributed by atoms with Crippen molar-refractivity contribution in [1.29, 1.82) is 0 Å². The molecule has 0 aromatic rings. The van der Waals surface area contributed by atoms with E-state index in [-0.39, 0.29) is 38.2 Å². The number of carbonyl (C=O) groups is 4. The van der Waals surface area contributed by atoms with E-state index < -0.39 is 82.6 Å². The highest BCUT2D eigenvalue weighted by molar-refractivity contribution is 5.83. The molecule has 264 valence electrons. The molecule has 9 nitrogen and oxygen atoms in total. The average Bonchev–Trinajstić information content (AvgIpc) is 2.84. The van der Waals surface area contributed by atoms with E-state index in [0.717, 1.165) is 0 Å². The number of hydrogen-bond donors (Lipinski definition) is 1. The molecule has 0 bridgehead atoms. The molecule has 5 unspecified atom stereocenters. The Balaban J connectivity index is 6.43.